The molecule has 0 amide bonds. The Labute approximate surface area is 73.0 Å². The van der Waals surface area contributed by atoms with Crippen LogP contribution in [0.25, 0.3) is 0 Å². The number of aliphatic hydroxyl groups excluding tert-OH is 1. The van der Waals surface area contributed by atoms with Gasteiger partial charge in [-0.05, 0) is 19.4 Å². The maximum absolute atomic E-state index is 9.32. The topological polar surface area (TPSA) is 38.0 Å². The molecule has 0 saturated carbocycles. The van der Waals surface area contributed by atoms with Crippen molar-refractivity contribution in [3.63, 3.8) is 0 Å². The summed E-state index contributed by atoms with van der Waals surface area (Å²) in [6.07, 6.45) is 3.50. The first kappa shape index (κ1) is 9.26. The van der Waals surface area contributed by atoms with Gasteiger partial charge < -0.3 is 5.11 Å². The lowest BCUT2D eigenvalue weighted by molar-refractivity contribution is 0.169. The first-order valence-corrected chi connectivity index (χ1v) is 4.35. The molecule has 1 heterocycles. The van der Waals surface area contributed by atoms with E-state index in [1.165, 1.54) is 0 Å². The number of aromatic nitrogens is 2. The van der Waals surface area contributed by atoms with Gasteiger partial charge in [0.15, 0.2) is 0 Å². The summed E-state index contributed by atoms with van der Waals surface area (Å²) in [5.74, 6) is 0.172. The molecule has 1 aromatic heterocycles. The number of rotatable bonds is 3. The standard InChI is InChI=1S/C9H16N2O/c1-4-11-6-9(5-10-11)7(2)8(3)12/h5-8,12H,4H2,1-3H3. The fourth-order valence-corrected chi connectivity index (χ4v) is 1.07. The van der Waals surface area contributed by atoms with Crippen LogP contribution in [0.5, 0.6) is 0 Å². The van der Waals surface area contributed by atoms with E-state index < -0.39 is 0 Å². The first-order valence-electron chi connectivity index (χ1n) is 4.35. The molecule has 0 aliphatic rings. The molecular formula is C9H16N2O. The lowest BCUT2D eigenvalue weighted by Crippen LogP contribution is -2.10. The van der Waals surface area contributed by atoms with E-state index in [0.29, 0.717) is 0 Å². The molecule has 3 heteroatoms. The van der Waals surface area contributed by atoms with E-state index >= 15 is 0 Å². The maximum atomic E-state index is 9.32. The van der Waals surface area contributed by atoms with Gasteiger partial charge in [-0.3, -0.25) is 4.68 Å². The molecule has 0 aliphatic carbocycles. The lowest BCUT2D eigenvalue weighted by Gasteiger charge is -2.11. The normalized spacial score (nSPS) is 16.0. The fourth-order valence-electron chi connectivity index (χ4n) is 1.07. The van der Waals surface area contributed by atoms with Crippen molar-refractivity contribution >= 4 is 0 Å². The monoisotopic (exact) mass is 168 g/mol. The van der Waals surface area contributed by atoms with E-state index in [1.807, 2.05) is 30.9 Å². The summed E-state index contributed by atoms with van der Waals surface area (Å²) in [4.78, 5) is 0. The predicted octanol–water partition coefficient (Wildman–Crippen LogP) is 1.39. The van der Waals surface area contributed by atoms with Crippen molar-refractivity contribution in [2.24, 2.45) is 0 Å². The van der Waals surface area contributed by atoms with Crippen LogP contribution in [-0.4, -0.2) is 21.0 Å². The first-order chi connectivity index (χ1) is 5.65. The zero-order valence-corrected chi connectivity index (χ0v) is 7.86. The molecule has 1 aromatic rings. The molecule has 3 nitrogen and oxygen atoms in total. The van der Waals surface area contributed by atoms with Crippen LogP contribution in [0, 0.1) is 0 Å². The molecule has 0 fully saturated rings. The summed E-state index contributed by atoms with van der Waals surface area (Å²) in [6.45, 7) is 6.73. The second kappa shape index (κ2) is 3.72. The van der Waals surface area contributed by atoms with E-state index in [1.54, 1.807) is 6.92 Å². The van der Waals surface area contributed by atoms with Crippen molar-refractivity contribution in [2.45, 2.75) is 39.3 Å². The van der Waals surface area contributed by atoms with Crippen molar-refractivity contribution < 1.29 is 5.11 Å². The Hall–Kier alpha value is -0.830. The molecule has 0 aliphatic heterocycles. The van der Waals surface area contributed by atoms with Crippen LogP contribution < -0.4 is 0 Å². The number of aryl methyl sites for hydroxylation is 1. The molecule has 2 unspecified atom stereocenters. The summed E-state index contributed by atoms with van der Waals surface area (Å²) in [5, 5.41) is 13.5. The molecule has 1 N–H and O–H groups in total. The van der Waals surface area contributed by atoms with Crippen LogP contribution >= 0.6 is 0 Å². The maximum Gasteiger partial charge on any atom is 0.0579 e. The van der Waals surface area contributed by atoms with Crippen LogP contribution in [0.1, 0.15) is 32.3 Å². The zero-order chi connectivity index (χ0) is 9.14. The Kier molecular flexibility index (Phi) is 2.87. The minimum absolute atomic E-state index is 0.172. The Morgan fingerprint density at radius 2 is 2.25 bits per heavy atom. The summed E-state index contributed by atoms with van der Waals surface area (Å²) < 4.78 is 1.87. The third kappa shape index (κ3) is 1.85. The van der Waals surface area contributed by atoms with Crippen LogP contribution in [0.15, 0.2) is 12.4 Å². The molecular weight excluding hydrogens is 152 g/mol. The number of hydrogen-bond donors (Lipinski definition) is 1. The van der Waals surface area contributed by atoms with Crippen LogP contribution in [0.4, 0.5) is 0 Å². The summed E-state index contributed by atoms with van der Waals surface area (Å²) in [6, 6.07) is 0. The van der Waals surface area contributed by atoms with Crippen molar-refractivity contribution in [2.75, 3.05) is 0 Å². The van der Waals surface area contributed by atoms with E-state index in [4.69, 9.17) is 0 Å². The highest BCUT2D eigenvalue weighted by Crippen LogP contribution is 2.17. The number of hydrogen-bond acceptors (Lipinski definition) is 2. The van der Waals surface area contributed by atoms with Crippen LogP contribution in [0.3, 0.4) is 0 Å². The minimum Gasteiger partial charge on any atom is -0.393 e. The Morgan fingerprint density at radius 1 is 1.58 bits per heavy atom. The molecule has 1 rings (SSSR count). The zero-order valence-electron chi connectivity index (χ0n) is 7.86. The molecule has 0 aromatic carbocycles. The highest BCUT2D eigenvalue weighted by molar-refractivity contribution is 5.11. The van der Waals surface area contributed by atoms with Crippen molar-refractivity contribution in [1.29, 1.82) is 0 Å². The average Bonchev–Trinajstić information content (AvgIpc) is 2.50. The number of nitrogens with zero attached hydrogens (tertiary/aromatic N) is 2. The summed E-state index contributed by atoms with van der Waals surface area (Å²) >= 11 is 0. The third-order valence-electron chi connectivity index (χ3n) is 2.23. The van der Waals surface area contributed by atoms with Gasteiger partial charge in [0, 0.05) is 18.7 Å². The SMILES string of the molecule is CCn1cc(C(C)C(C)O)cn1. The fraction of sp³-hybridized carbons (Fsp3) is 0.667. The highest BCUT2D eigenvalue weighted by atomic mass is 16.3. The quantitative estimate of drug-likeness (QED) is 0.740. The van der Waals surface area contributed by atoms with Crippen LogP contribution in [0.2, 0.25) is 0 Å². The van der Waals surface area contributed by atoms with E-state index in [-0.39, 0.29) is 12.0 Å². The molecule has 0 radical (unpaired) electrons. The molecule has 2 atom stereocenters. The van der Waals surface area contributed by atoms with Gasteiger partial charge >= 0.3 is 0 Å². The van der Waals surface area contributed by atoms with Gasteiger partial charge in [0.25, 0.3) is 0 Å². The smallest absolute Gasteiger partial charge is 0.0579 e. The Bertz CT molecular complexity index is 242. The average molecular weight is 168 g/mol. The van der Waals surface area contributed by atoms with Gasteiger partial charge in [-0.2, -0.15) is 5.10 Å². The third-order valence-corrected chi connectivity index (χ3v) is 2.23. The summed E-state index contributed by atoms with van der Waals surface area (Å²) in [7, 11) is 0. The van der Waals surface area contributed by atoms with E-state index in [9.17, 15) is 5.11 Å². The summed E-state index contributed by atoms with van der Waals surface area (Å²) in [5.41, 5.74) is 1.10. The van der Waals surface area contributed by atoms with Gasteiger partial charge in [0.05, 0.1) is 12.3 Å². The molecule has 68 valence electrons. The van der Waals surface area contributed by atoms with Crippen molar-refractivity contribution in [3.8, 4) is 0 Å². The largest absolute Gasteiger partial charge is 0.393 e. The van der Waals surface area contributed by atoms with E-state index in [2.05, 4.69) is 5.10 Å². The molecule has 0 saturated heterocycles. The molecule has 0 spiro atoms. The second-order valence-electron chi connectivity index (χ2n) is 3.16. The highest BCUT2D eigenvalue weighted by Gasteiger charge is 2.12. The Morgan fingerprint density at radius 3 is 2.67 bits per heavy atom. The van der Waals surface area contributed by atoms with Gasteiger partial charge in [-0.1, -0.05) is 6.92 Å². The van der Waals surface area contributed by atoms with E-state index in [0.717, 1.165) is 12.1 Å². The Balaban J connectivity index is 2.74. The van der Waals surface area contributed by atoms with Crippen molar-refractivity contribution in [1.82, 2.24) is 9.78 Å². The predicted molar refractivity (Wildman–Crippen MR) is 48.0 cm³/mol. The molecule has 12 heavy (non-hydrogen) atoms. The number of aliphatic hydroxyl groups is 1. The van der Waals surface area contributed by atoms with Gasteiger partial charge in [0.1, 0.15) is 0 Å². The van der Waals surface area contributed by atoms with Gasteiger partial charge in [-0.25, -0.2) is 0 Å². The van der Waals surface area contributed by atoms with Crippen LogP contribution in [-0.2, 0) is 6.54 Å². The molecule has 0 bridgehead atoms. The van der Waals surface area contributed by atoms with Gasteiger partial charge in [-0.15, -0.1) is 0 Å². The second-order valence-corrected chi connectivity index (χ2v) is 3.16. The van der Waals surface area contributed by atoms with Crippen molar-refractivity contribution in [3.05, 3.63) is 18.0 Å². The lowest BCUT2D eigenvalue weighted by atomic mass is 10.0. The van der Waals surface area contributed by atoms with Gasteiger partial charge in [0.2, 0.25) is 0 Å². The minimum atomic E-state index is -0.306.